The van der Waals surface area contributed by atoms with Gasteiger partial charge in [0.15, 0.2) is 23.1 Å². The molecule has 3 heterocycles. The third kappa shape index (κ3) is 8.46. The molecule has 7 N–H and O–H groups in total. The molecular formula is C27H34N10O8. The van der Waals surface area contributed by atoms with Crippen molar-refractivity contribution in [3.63, 3.8) is 0 Å². The van der Waals surface area contributed by atoms with Crippen LogP contribution in [0, 0.1) is 5.92 Å². The number of ether oxygens (including phenoxy) is 1. The van der Waals surface area contributed by atoms with E-state index in [9.17, 15) is 29.7 Å². The predicted molar refractivity (Wildman–Crippen MR) is 156 cm³/mol. The van der Waals surface area contributed by atoms with Crippen molar-refractivity contribution >= 4 is 34.9 Å². The monoisotopic (exact) mass is 626 g/mol. The summed E-state index contributed by atoms with van der Waals surface area (Å²) in [5.41, 5.74) is 0.198. The number of aromatic nitrogens is 4. The lowest BCUT2D eigenvalue weighted by atomic mass is 10.1. The van der Waals surface area contributed by atoms with E-state index >= 15 is 0 Å². The van der Waals surface area contributed by atoms with Crippen LogP contribution in [0.25, 0.3) is 11.5 Å². The molecule has 1 saturated heterocycles. The summed E-state index contributed by atoms with van der Waals surface area (Å²) < 4.78 is 11.1. The fourth-order valence-electron chi connectivity index (χ4n) is 4.55. The van der Waals surface area contributed by atoms with Crippen molar-refractivity contribution in [2.45, 2.75) is 25.5 Å². The van der Waals surface area contributed by atoms with Crippen LogP contribution in [-0.2, 0) is 16.1 Å². The molecule has 3 amide bonds. The Hall–Kier alpha value is -4.75. The lowest BCUT2D eigenvalue weighted by Gasteiger charge is -2.31. The molecule has 3 aromatic rings. The molecule has 0 atom stereocenters. The molecule has 1 aliphatic heterocycles. The Labute approximate surface area is 256 Å². The number of nitrogens with zero attached hydrogens (tertiary/aromatic N) is 6. The number of likely N-dealkylation sites (N-methyl/N-ethyl adjacent to an activating group) is 1. The molecular weight excluding hydrogens is 592 g/mol. The third-order valence-electron chi connectivity index (χ3n) is 7.08. The van der Waals surface area contributed by atoms with Gasteiger partial charge in [-0.25, -0.2) is 0 Å². The molecule has 0 bridgehead atoms. The third-order valence-corrected chi connectivity index (χ3v) is 7.08. The Kier molecular flexibility index (Phi) is 9.49. The number of benzene rings is 1. The Bertz CT molecular complexity index is 1550. The second-order valence-corrected chi connectivity index (χ2v) is 10.7. The van der Waals surface area contributed by atoms with Gasteiger partial charge in [0.05, 0.1) is 37.1 Å². The van der Waals surface area contributed by atoms with E-state index in [1.165, 1.54) is 13.2 Å². The highest BCUT2D eigenvalue weighted by Gasteiger charge is 2.31. The molecule has 45 heavy (non-hydrogen) atoms. The molecule has 5 rings (SSSR count). The van der Waals surface area contributed by atoms with E-state index in [2.05, 4.69) is 46.1 Å². The first-order chi connectivity index (χ1) is 21.5. The maximum atomic E-state index is 12.7. The first kappa shape index (κ1) is 31.7. The smallest absolute Gasteiger partial charge is 0.369 e. The van der Waals surface area contributed by atoms with Gasteiger partial charge in [0.25, 0.3) is 11.8 Å². The Morgan fingerprint density at radius 3 is 2.53 bits per heavy atom. The van der Waals surface area contributed by atoms with Crippen LogP contribution in [0.2, 0.25) is 0 Å². The number of rotatable bonds is 12. The standard InChI is InChI=1S/C27H34N10O8/c1-36-8-10-37(11-9-36)14-21(38)28-13-20-31-26(45-35-20)16-4-3-5-17(23(16)44-2)29-18-12-19(30-24(39)15-6-7-15)33-34-22(18)25(40)32-27(41,42)43/h3-5,12,15,41-43H,6-11,13-14H2,1-2H3,(H,28,38)(H,32,40)(H2,29,30,33,39). The number of methoxy groups -OCH3 is 1. The second kappa shape index (κ2) is 13.5. The van der Waals surface area contributed by atoms with Crippen LogP contribution in [0.5, 0.6) is 5.75 Å². The minimum Gasteiger partial charge on any atom is -0.494 e. The van der Waals surface area contributed by atoms with Gasteiger partial charge in [-0.05, 0) is 32.0 Å². The molecule has 1 aliphatic carbocycles. The number of carbonyl (C=O) groups is 3. The maximum absolute atomic E-state index is 12.7. The summed E-state index contributed by atoms with van der Waals surface area (Å²) >= 11 is 0. The summed E-state index contributed by atoms with van der Waals surface area (Å²) in [5.74, 6) is -1.16. The molecule has 0 spiro atoms. The molecule has 240 valence electrons. The summed E-state index contributed by atoms with van der Waals surface area (Å²) in [6, 6.07) is 6.23. The van der Waals surface area contributed by atoms with Crippen LogP contribution < -0.4 is 26.0 Å². The van der Waals surface area contributed by atoms with Crippen LogP contribution >= 0.6 is 0 Å². The lowest BCUT2D eigenvalue weighted by Crippen LogP contribution is -2.48. The Morgan fingerprint density at radius 1 is 1.09 bits per heavy atom. The molecule has 18 heteroatoms. The number of anilines is 3. The number of piperazine rings is 1. The van der Waals surface area contributed by atoms with Crippen LogP contribution in [0.15, 0.2) is 28.8 Å². The Balaban J connectivity index is 1.33. The van der Waals surface area contributed by atoms with Crippen LogP contribution in [0.3, 0.4) is 0 Å². The van der Waals surface area contributed by atoms with Gasteiger partial charge in [0.1, 0.15) is 0 Å². The minimum absolute atomic E-state index is 0.0254. The summed E-state index contributed by atoms with van der Waals surface area (Å²) in [5, 5.41) is 49.3. The quantitative estimate of drug-likeness (QED) is 0.117. The maximum Gasteiger partial charge on any atom is 0.369 e. The minimum atomic E-state index is -3.52. The van der Waals surface area contributed by atoms with Crippen molar-refractivity contribution in [2.24, 2.45) is 5.92 Å². The molecule has 0 unspecified atom stereocenters. The van der Waals surface area contributed by atoms with Crippen molar-refractivity contribution in [2.75, 3.05) is 57.5 Å². The van der Waals surface area contributed by atoms with Crippen LogP contribution in [0.1, 0.15) is 29.2 Å². The normalized spacial score (nSPS) is 15.8. The fourth-order valence-corrected chi connectivity index (χ4v) is 4.55. The summed E-state index contributed by atoms with van der Waals surface area (Å²) in [4.78, 5) is 46.1. The zero-order chi connectivity index (χ0) is 32.1. The number of hydrogen-bond acceptors (Lipinski definition) is 15. The van der Waals surface area contributed by atoms with E-state index in [1.807, 2.05) is 7.05 Å². The number of carbonyl (C=O) groups excluding carboxylic acids is 3. The first-order valence-corrected chi connectivity index (χ1v) is 14.1. The number of amides is 3. The topological polar surface area (TPSA) is 240 Å². The van der Waals surface area contributed by atoms with Crippen molar-refractivity contribution in [1.29, 1.82) is 0 Å². The van der Waals surface area contributed by atoms with Crippen molar-refractivity contribution < 1.29 is 39.0 Å². The first-order valence-electron chi connectivity index (χ1n) is 14.1. The summed E-state index contributed by atoms with van der Waals surface area (Å²) in [6.07, 6.45) is -2.02. The van der Waals surface area contributed by atoms with E-state index in [0.29, 0.717) is 11.3 Å². The van der Waals surface area contributed by atoms with Crippen LogP contribution in [-0.4, -0.2) is 116 Å². The highest BCUT2D eigenvalue weighted by atomic mass is 16.7. The van der Waals surface area contributed by atoms with Crippen molar-refractivity contribution in [3.05, 3.63) is 35.8 Å². The van der Waals surface area contributed by atoms with Gasteiger partial charge < -0.3 is 45.4 Å². The van der Waals surface area contributed by atoms with Gasteiger partial charge in [0, 0.05) is 38.2 Å². The highest BCUT2D eigenvalue weighted by molar-refractivity contribution is 6.00. The predicted octanol–water partition coefficient (Wildman–Crippen LogP) is -1.19. The van der Waals surface area contributed by atoms with E-state index in [-0.39, 0.29) is 59.8 Å². The van der Waals surface area contributed by atoms with Gasteiger partial charge >= 0.3 is 6.10 Å². The zero-order valence-electron chi connectivity index (χ0n) is 24.6. The van der Waals surface area contributed by atoms with Crippen molar-refractivity contribution in [1.82, 2.24) is 40.8 Å². The van der Waals surface area contributed by atoms with Crippen LogP contribution in [0.4, 0.5) is 17.2 Å². The molecule has 2 aromatic heterocycles. The number of aliphatic hydroxyl groups is 3. The van der Waals surface area contributed by atoms with Gasteiger partial charge in [-0.1, -0.05) is 11.2 Å². The highest BCUT2D eigenvalue weighted by Crippen LogP contribution is 2.38. The fraction of sp³-hybridized carbons (Fsp3) is 0.444. The van der Waals surface area contributed by atoms with Crippen molar-refractivity contribution in [3.8, 4) is 17.2 Å². The molecule has 1 aromatic carbocycles. The average molecular weight is 627 g/mol. The summed E-state index contributed by atoms with van der Waals surface area (Å²) in [7, 11) is 3.44. The zero-order valence-corrected chi connectivity index (χ0v) is 24.6. The number of nitrogens with one attached hydrogen (secondary N) is 4. The lowest BCUT2D eigenvalue weighted by molar-refractivity contribution is -0.323. The molecule has 18 nitrogen and oxygen atoms in total. The largest absolute Gasteiger partial charge is 0.494 e. The van der Waals surface area contributed by atoms with E-state index in [1.54, 1.807) is 23.5 Å². The summed E-state index contributed by atoms with van der Waals surface area (Å²) in [6.45, 7) is 3.74. The number of hydrogen-bond donors (Lipinski definition) is 7. The molecule has 1 saturated carbocycles. The molecule has 2 fully saturated rings. The van der Waals surface area contributed by atoms with Gasteiger partial charge in [-0.15, -0.1) is 10.2 Å². The number of para-hydroxylation sites is 1. The molecule has 2 aliphatic rings. The van der Waals surface area contributed by atoms with E-state index in [4.69, 9.17) is 9.26 Å². The average Bonchev–Trinajstić information content (AvgIpc) is 3.74. The van der Waals surface area contributed by atoms with E-state index < -0.39 is 17.7 Å². The molecule has 0 radical (unpaired) electrons. The SMILES string of the molecule is COc1c(Nc2cc(NC(=O)C3CC3)nnc2C(=O)NC(O)(O)O)cccc1-c1nc(CNC(=O)CN2CCN(C)CC2)no1. The Morgan fingerprint density at radius 2 is 1.84 bits per heavy atom. The van der Waals surface area contributed by atoms with Gasteiger partial charge in [-0.2, -0.15) is 4.98 Å². The second-order valence-electron chi connectivity index (χ2n) is 10.7. The van der Waals surface area contributed by atoms with E-state index in [0.717, 1.165) is 39.0 Å². The van der Waals surface area contributed by atoms with Gasteiger partial charge in [-0.3, -0.25) is 24.6 Å². The van der Waals surface area contributed by atoms with Gasteiger partial charge in [0.2, 0.25) is 11.8 Å².